The van der Waals surface area contributed by atoms with E-state index in [-0.39, 0.29) is 6.10 Å². The molecule has 4 nitrogen and oxygen atoms in total. The summed E-state index contributed by atoms with van der Waals surface area (Å²) in [7, 11) is 1.61. The lowest BCUT2D eigenvalue weighted by molar-refractivity contribution is 0.0637. The molecule has 2 rings (SSSR count). The molecule has 4 heteroatoms. The van der Waals surface area contributed by atoms with Crippen molar-refractivity contribution in [3.05, 3.63) is 23.8 Å². The summed E-state index contributed by atoms with van der Waals surface area (Å²) < 4.78 is 11.0. The second-order valence-electron chi connectivity index (χ2n) is 4.55. The van der Waals surface area contributed by atoms with Crippen molar-refractivity contribution in [1.29, 1.82) is 5.26 Å². The van der Waals surface area contributed by atoms with E-state index in [1.165, 1.54) is 0 Å². The van der Waals surface area contributed by atoms with Crippen molar-refractivity contribution in [2.24, 2.45) is 0 Å². The van der Waals surface area contributed by atoms with Gasteiger partial charge in [-0.1, -0.05) is 0 Å². The summed E-state index contributed by atoms with van der Waals surface area (Å²) >= 11 is 0. The van der Waals surface area contributed by atoms with Gasteiger partial charge in [-0.3, -0.25) is 0 Å². The molecule has 0 radical (unpaired) electrons. The number of methoxy groups -OCH3 is 1. The zero-order chi connectivity index (χ0) is 13.0. The molecule has 1 saturated heterocycles. The van der Waals surface area contributed by atoms with Crippen LogP contribution in [0.4, 0.5) is 5.69 Å². The van der Waals surface area contributed by atoms with Gasteiger partial charge in [0, 0.05) is 12.6 Å². The minimum atomic E-state index is 0.264. The number of ether oxygens (including phenoxy) is 2. The van der Waals surface area contributed by atoms with E-state index in [4.69, 9.17) is 14.7 Å². The fourth-order valence-electron chi connectivity index (χ4n) is 2.17. The molecule has 0 spiro atoms. The first-order chi connectivity index (χ1) is 8.72. The Morgan fingerprint density at radius 2 is 2.33 bits per heavy atom. The molecule has 1 aliphatic rings. The van der Waals surface area contributed by atoms with Crippen molar-refractivity contribution in [2.75, 3.05) is 19.0 Å². The summed E-state index contributed by atoms with van der Waals surface area (Å²) in [4.78, 5) is 0. The maximum absolute atomic E-state index is 8.83. The number of hydrogen-bond donors (Lipinski definition) is 1. The number of anilines is 1. The van der Waals surface area contributed by atoms with Crippen molar-refractivity contribution in [3.8, 4) is 11.8 Å². The van der Waals surface area contributed by atoms with Crippen LogP contribution in [0.5, 0.6) is 5.75 Å². The van der Waals surface area contributed by atoms with Gasteiger partial charge in [0.1, 0.15) is 5.75 Å². The Hall–Kier alpha value is -1.73. The predicted molar refractivity (Wildman–Crippen MR) is 69.8 cm³/mol. The Labute approximate surface area is 108 Å². The third kappa shape index (κ3) is 2.93. The van der Waals surface area contributed by atoms with Crippen molar-refractivity contribution in [1.82, 2.24) is 0 Å². The summed E-state index contributed by atoms with van der Waals surface area (Å²) in [6.07, 6.45) is 2.84. The highest BCUT2D eigenvalue weighted by molar-refractivity contribution is 5.59. The van der Waals surface area contributed by atoms with Crippen LogP contribution in [0.25, 0.3) is 0 Å². The molecular weight excluding hydrogens is 228 g/mol. The standard InChI is InChI=1S/C14H18N2O2/c1-10-3-5-12(18-10)9-16-13-6-4-11(8-15)7-14(13)17-2/h4,6-7,10,12,16H,3,5,9H2,1-2H3. The summed E-state index contributed by atoms with van der Waals surface area (Å²) in [5.41, 5.74) is 1.50. The van der Waals surface area contributed by atoms with Gasteiger partial charge in [-0.15, -0.1) is 0 Å². The van der Waals surface area contributed by atoms with Gasteiger partial charge in [-0.2, -0.15) is 5.26 Å². The largest absolute Gasteiger partial charge is 0.495 e. The third-order valence-electron chi connectivity index (χ3n) is 3.17. The van der Waals surface area contributed by atoms with Crippen molar-refractivity contribution < 1.29 is 9.47 Å². The molecule has 0 bridgehead atoms. The molecule has 0 saturated carbocycles. The first kappa shape index (κ1) is 12.7. The minimum Gasteiger partial charge on any atom is -0.495 e. The first-order valence-electron chi connectivity index (χ1n) is 6.20. The van der Waals surface area contributed by atoms with Crippen molar-refractivity contribution in [2.45, 2.75) is 32.0 Å². The zero-order valence-electron chi connectivity index (χ0n) is 10.8. The van der Waals surface area contributed by atoms with Gasteiger partial charge in [0.25, 0.3) is 0 Å². The molecule has 1 aromatic carbocycles. The molecule has 1 heterocycles. The van der Waals surface area contributed by atoms with E-state index in [0.29, 0.717) is 17.4 Å². The molecule has 0 aromatic heterocycles. The van der Waals surface area contributed by atoms with Crippen LogP contribution >= 0.6 is 0 Å². The van der Waals surface area contributed by atoms with Crippen LogP contribution < -0.4 is 10.1 Å². The second-order valence-corrected chi connectivity index (χ2v) is 4.55. The van der Waals surface area contributed by atoms with Crippen LogP contribution in [0.1, 0.15) is 25.3 Å². The van der Waals surface area contributed by atoms with E-state index in [0.717, 1.165) is 25.1 Å². The molecule has 96 valence electrons. The van der Waals surface area contributed by atoms with Gasteiger partial charge >= 0.3 is 0 Å². The summed E-state index contributed by atoms with van der Waals surface area (Å²) in [5.74, 6) is 0.695. The molecule has 1 N–H and O–H groups in total. The van der Waals surface area contributed by atoms with Crippen LogP contribution in [0.3, 0.4) is 0 Å². The molecule has 2 atom stereocenters. The summed E-state index contributed by atoms with van der Waals surface area (Å²) in [5, 5.41) is 12.2. The van der Waals surface area contributed by atoms with Crippen LogP contribution in [0, 0.1) is 11.3 Å². The number of rotatable bonds is 4. The number of benzene rings is 1. The lowest BCUT2D eigenvalue weighted by atomic mass is 10.2. The number of nitrogens with zero attached hydrogens (tertiary/aromatic N) is 1. The highest BCUT2D eigenvalue weighted by atomic mass is 16.5. The molecule has 0 amide bonds. The Balaban J connectivity index is 1.98. The first-order valence-corrected chi connectivity index (χ1v) is 6.20. The van der Waals surface area contributed by atoms with E-state index in [9.17, 15) is 0 Å². The highest BCUT2D eigenvalue weighted by Gasteiger charge is 2.21. The van der Waals surface area contributed by atoms with Crippen molar-refractivity contribution in [3.63, 3.8) is 0 Å². The van der Waals surface area contributed by atoms with E-state index < -0.39 is 0 Å². The van der Waals surface area contributed by atoms with Crippen molar-refractivity contribution >= 4 is 5.69 Å². The average Bonchev–Trinajstić information content (AvgIpc) is 2.82. The molecule has 0 aliphatic carbocycles. The van der Waals surface area contributed by atoms with E-state index in [1.807, 2.05) is 6.07 Å². The number of nitrogens with one attached hydrogen (secondary N) is 1. The minimum absolute atomic E-state index is 0.264. The average molecular weight is 246 g/mol. The molecule has 1 fully saturated rings. The zero-order valence-corrected chi connectivity index (χ0v) is 10.8. The molecule has 1 aliphatic heterocycles. The maximum Gasteiger partial charge on any atom is 0.143 e. The Morgan fingerprint density at radius 3 is 2.94 bits per heavy atom. The monoisotopic (exact) mass is 246 g/mol. The summed E-state index contributed by atoms with van der Waals surface area (Å²) in [6.45, 7) is 2.87. The SMILES string of the molecule is COc1cc(C#N)ccc1NCC1CCC(C)O1. The van der Waals surface area contributed by atoms with Gasteiger partial charge in [0.2, 0.25) is 0 Å². The fraction of sp³-hybridized carbons (Fsp3) is 0.500. The van der Waals surface area contributed by atoms with Gasteiger partial charge in [0.05, 0.1) is 36.6 Å². The van der Waals surface area contributed by atoms with Gasteiger partial charge in [-0.05, 0) is 31.9 Å². The van der Waals surface area contributed by atoms with Gasteiger partial charge < -0.3 is 14.8 Å². The molecule has 2 unspecified atom stereocenters. The second kappa shape index (κ2) is 5.74. The Bertz CT molecular complexity index is 454. The van der Waals surface area contributed by atoms with E-state index in [2.05, 4.69) is 18.3 Å². The normalized spacial score (nSPS) is 22.5. The van der Waals surface area contributed by atoms with Crippen LogP contribution in [0.15, 0.2) is 18.2 Å². The molecule has 18 heavy (non-hydrogen) atoms. The van der Waals surface area contributed by atoms with E-state index in [1.54, 1.807) is 19.2 Å². The highest BCUT2D eigenvalue weighted by Crippen LogP contribution is 2.26. The van der Waals surface area contributed by atoms with Gasteiger partial charge in [-0.25, -0.2) is 0 Å². The Morgan fingerprint density at radius 1 is 1.50 bits per heavy atom. The smallest absolute Gasteiger partial charge is 0.143 e. The number of hydrogen-bond acceptors (Lipinski definition) is 4. The quantitative estimate of drug-likeness (QED) is 0.887. The topological polar surface area (TPSA) is 54.3 Å². The van der Waals surface area contributed by atoms with Crippen LogP contribution in [-0.4, -0.2) is 25.9 Å². The summed E-state index contributed by atoms with van der Waals surface area (Å²) in [6, 6.07) is 7.49. The lowest BCUT2D eigenvalue weighted by Gasteiger charge is -2.15. The fourth-order valence-corrected chi connectivity index (χ4v) is 2.17. The third-order valence-corrected chi connectivity index (χ3v) is 3.17. The van der Waals surface area contributed by atoms with Crippen LogP contribution in [-0.2, 0) is 4.74 Å². The Kier molecular flexibility index (Phi) is 4.06. The lowest BCUT2D eigenvalue weighted by Crippen LogP contribution is -2.20. The number of nitriles is 1. The van der Waals surface area contributed by atoms with Gasteiger partial charge in [0.15, 0.2) is 0 Å². The molecular formula is C14H18N2O2. The predicted octanol–water partition coefficient (Wildman–Crippen LogP) is 2.55. The van der Waals surface area contributed by atoms with E-state index >= 15 is 0 Å². The maximum atomic E-state index is 8.83. The molecule has 1 aromatic rings. The van der Waals surface area contributed by atoms with Crippen LogP contribution in [0.2, 0.25) is 0 Å².